The molecule has 0 aliphatic rings. The van der Waals surface area contributed by atoms with Crippen LogP contribution in [0, 0.1) is 11.6 Å². The van der Waals surface area contributed by atoms with E-state index in [4.69, 9.17) is 28.9 Å². The number of nitrogen functional groups attached to an aromatic ring is 1. The summed E-state index contributed by atoms with van der Waals surface area (Å²) < 4.78 is 27.5. The van der Waals surface area contributed by atoms with Gasteiger partial charge < -0.3 is 5.73 Å². The Morgan fingerprint density at radius 2 is 1.76 bits per heavy atom. The van der Waals surface area contributed by atoms with E-state index in [2.05, 4.69) is 15.0 Å². The Morgan fingerprint density at radius 1 is 1.00 bits per heavy atom. The molecule has 0 aliphatic carbocycles. The maximum absolute atomic E-state index is 14.2. The van der Waals surface area contributed by atoms with E-state index in [0.29, 0.717) is 11.1 Å². The van der Waals surface area contributed by atoms with Gasteiger partial charge in [-0.3, -0.25) is 0 Å². The lowest BCUT2D eigenvalue weighted by molar-refractivity contribution is 0.586. The molecule has 0 amide bonds. The molecule has 0 radical (unpaired) electrons. The minimum atomic E-state index is -0.905. The van der Waals surface area contributed by atoms with Gasteiger partial charge in [-0.1, -0.05) is 23.2 Å². The number of aromatic nitrogens is 3. The Balaban J connectivity index is 2.41. The van der Waals surface area contributed by atoms with Crippen molar-refractivity contribution in [3.8, 4) is 11.1 Å². The quantitative estimate of drug-likeness (QED) is 0.544. The second kappa shape index (κ2) is 5.05. The highest BCUT2D eigenvalue weighted by Gasteiger charge is 2.18. The molecular formula is C13H6Cl2F2N4. The summed E-state index contributed by atoms with van der Waals surface area (Å²) in [6.45, 7) is 0. The molecule has 2 aromatic heterocycles. The highest BCUT2D eigenvalue weighted by molar-refractivity contribution is 6.31. The van der Waals surface area contributed by atoms with E-state index in [9.17, 15) is 8.78 Å². The molecule has 0 aliphatic heterocycles. The summed E-state index contributed by atoms with van der Waals surface area (Å²) in [6, 6.07) is 3.72. The van der Waals surface area contributed by atoms with Crippen molar-refractivity contribution in [2.45, 2.75) is 0 Å². The second-order valence-corrected chi connectivity index (χ2v) is 4.94. The van der Waals surface area contributed by atoms with Crippen molar-refractivity contribution in [3.63, 3.8) is 0 Å². The van der Waals surface area contributed by atoms with Crippen LogP contribution in [0.1, 0.15) is 0 Å². The van der Waals surface area contributed by atoms with E-state index < -0.39 is 16.7 Å². The van der Waals surface area contributed by atoms with E-state index >= 15 is 0 Å². The molecule has 0 saturated heterocycles. The smallest absolute Gasteiger partial charge is 0.153 e. The van der Waals surface area contributed by atoms with E-state index in [-0.39, 0.29) is 22.1 Å². The number of fused-ring (bicyclic) bond motifs is 1. The number of hydrogen-bond acceptors (Lipinski definition) is 4. The third kappa shape index (κ3) is 2.26. The first kappa shape index (κ1) is 13.9. The van der Waals surface area contributed by atoms with Crippen LogP contribution >= 0.6 is 23.2 Å². The third-order valence-electron chi connectivity index (χ3n) is 2.91. The molecule has 0 unspecified atom stereocenters. The van der Waals surface area contributed by atoms with Gasteiger partial charge in [0.25, 0.3) is 0 Å². The summed E-state index contributed by atoms with van der Waals surface area (Å²) in [4.78, 5) is 11.9. The van der Waals surface area contributed by atoms with Crippen LogP contribution < -0.4 is 5.73 Å². The molecule has 3 rings (SSSR count). The first-order valence-corrected chi connectivity index (χ1v) is 6.45. The van der Waals surface area contributed by atoms with Gasteiger partial charge in [-0.25, -0.2) is 23.7 Å². The molecule has 2 N–H and O–H groups in total. The Bertz CT molecular complexity index is 870. The van der Waals surface area contributed by atoms with E-state index in [1.807, 2.05) is 0 Å². The van der Waals surface area contributed by atoms with Gasteiger partial charge in [0.05, 0.1) is 0 Å². The minimum absolute atomic E-state index is 0.0498. The lowest BCUT2D eigenvalue weighted by atomic mass is 10.0. The Labute approximate surface area is 127 Å². The third-order valence-corrected chi connectivity index (χ3v) is 3.45. The largest absolute Gasteiger partial charge is 0.382 e. The highest BCUT2D eigenvalue weighted by Crippen LogP contribution is 2.34. The Kier molecular flexibility index (Phi) is 3.35. The first-order valence-electron chi connectivity index (χ1n) is 5.69. The van der Waals surface area contributed by atoms with Gasteiger partial charge in [0.2, 0.25) is 0 Å². The lowest BCUT2D eigenvalue weighted by Crippen LogP contribution is -1.98. The predicted octanol–water partition coefficient (Wildman–Crippen LogP) is 3.86. The van der Waals surface area contributed by atoms with Crippen LogP contribution in [0.5, 0.6) is 0 Å². The monoisotopic (exact) mass is 326 g/mol. The van der Waals surface area contributed by atoms with Crippen molar-refractivity contribution in [1.82, 2.24) is 15.0 Å². The number of benzene rings is 1. The Morgan fingerprint density at radius 3 is 2.52 bits per heavy atom. The molecule has 8 heteroatoms. The van der Waals surface area contributed by atoms with E-state index in [1.54, 1.807) is 0 Å². The maximum atomic E-state index is 14.2. The molecule has 0 spiro atoms. The molecule has 1 aromatic carbocycles. The number of nitrogens with two attached hydrogens (primary N) is 1. The summed E-state index contributed by atoms with van der Waals surface area (Å²) in [7, 11) is 0. The average Bonchev–Trinajstić information content (AvgIpc) is 2.45. The number of nitrogens with zero attached hydrogens (tertiary/aromatic N) is 3. The van der Waals surface area contributed by atoms with Crippen molar-refractivity contribution in [2.75, 3.05) is 5.73 Å². The number of hydrogen-bond donors (Lipinski definition) is 1. The zero-order valence-electron chi connectivity index (χ0n) is 10.2. The van der Waals surface area contributed by atoms with Crippen molar-refractivity contribution in [1.29, 1.82) is 0 Å². The van der Waals surface area contributed by atoms with Gasteiger partial charge in [0.1, 0.15) is 33.4 Å². The van der Waals surface area contributed by atoms with Gasteiger partial charge in [-0.05, 0) is 18.2 Å². The highest BCUT2D eigenvalue weighted by atomic mass is 35.5. The fourth-order valence-corrected chi connectivity index (χ4v) is 2.32. The zero-order valence-corrected chi connectivity index (χ0v) is 11.8. The molecule has 0 bridgehead atoms. The summed E-state index contributed by atoms with van der Waals surface area (Å²) in [6.07, 6.45) is 1.22. The SMILES string of the molecule is Nc1ncnc2c(-c3ccc(F)c(Cl)c3F)cc(Cl)nc12. The molecule has 106 valence electrons. The maximum Gasteiger partial charge on any atom is 0.153 e. The summed E-state index contributed by atoms with van der Waals surface area (Å²) in [5.74, 6) is -1.65. The molecule has 2 heterocycles. The molecule has 0 fully saturated rings. The molecule has 0 atom stereocenters. The molecule has 0 saturated carbocycles. The number of anilines is 1. The Hall–Kier alpha value is -2.05. The number of rotatable bonds is 1. The van der Waals surface area contributed by atoms with Gasteiger partial charge in [-0.15, -0.1) is 0 Å². The lowest BCUT2D eigenvalue weighted by Gasteiger charge is -2.09. The standard InChI is InChI=1S/C13H6Cl2F2N4/c14-8-3-6(5-1-2-7(16)9(15)10(5)17)11-12(21-8)13(18)20-4-19-11/h1-4H,(H2,18,19,20). The van der Waals surface area contributed by atoms with Crippen molar-refractivity contribution >= 4 is 40.1 Å². The molecule has 21 heavy (non-hydrogen) atoms. The van der Waals surface area contributed by atoms with Crippen LogP contribution in [0.15, 0.2) is 24.5 Å². The zero-order chi connectivity index (χ0) is 15.1. The van der Waals surface area contributed by atoms with Gasteiger partial charge in [0, 0.05) is 11.1 Å². The van der Waals surface area contributed by atoms with Crippen LogP contribution in [0.25, 0.3) is 22.2 Å². The summed E-state index contributed by atoms with van der Waals surface area (Å²) in [5.41, 5.74) is 6.60. The summed E-state index contributed by atoms with van der Waals surface area (Å²) >= 11 is 11.5. The molecule has 4 nitrogen and oxygen atoms in total. The van der Waals surface area contributed by atoms with E-state index in [1.165, 1.54) is 18.5 Å². The van der Waals surface area contributed by atoms with Crippen molar-refractivity contribution < 1.29 is 8.78 Å². The van der Waals surface area contributed by atoms with Crippen LogP contribution in [0.2, 0.25) is 10.2 Å². The van der Waals surface area contributed by atoms with Crippen LogP contribution in [-0.2, 0) is 0 Å². The van der Waals surface area contributed by atoms with Crippen LogP contribution in [-0.4, -0.2) is 15.0 Å². The van der Waals surface area contributed by atoms with Gasteiger partial charge in [0.15, 0.2) is 11.6 Å². The molecular weight excluding hydrogens is 321 g/mol. The topological polar surface area (TPSA) is 64.7 Å². The average molecular weight is 327 g/mol. The first-order chi connectivity index (χ1) is 9.99. The normalized spacial score (nSPS) is 11.0. The van der Waals surface area contributed by atoms with Crippen molar-refractivity contribution in [3.05, 3.63) is 46.3 Å². The summed E-state index contributed by atoms with van der Waals surface area (Å²) in [5, 5.41) is -0.519. The fourth-order valence-electron chi connectivity index (χ4n) is 1.97. The number of pyridine rings is 1. The second-order valence-electron chi connectivity index (χ2n) is 4.17. The van der Waals surface area contributed by atoms with Gasteiger partial charge in [-0.2, -0.15) is 0 Å². The molecule has 3 aromatic rings. The van der Waals surface area contributed by atoms with E-state index in [0.717, 1.165) is 6.07 Å². The van der Waals surface area contributed by atoms with Crippen molar-refractivity contribution in [2.24, 2.45) is 0 Å². The van der Waals surface area contributed by atoms with Crippen LogP contribution in [0.4, 0.5) is 14.6 Å². The predicted molar refractivity (Wildman–Crippen MR) is 77.1 cm³/mol. The number of halogens is 4. The fraction of sp³-hybridized carbons (Fsp3) is 0. The van der Waals surface area contributed by atoms with Gasteiger partial charge >= 0.3 is 0 Å². The minimum Gasteiger partial charge on any atom is -0.382 e. The van der Waals surface area contributed by atoms with Crippen LogP contribution in [0.3, 0.4) is 0 Å².